The van der Waals surface area contributed by atoms with Crippen LogP contribution in [0, 0.1) is 20.8 Å². The Balaban J connectivity index is 0.0000000899. The van der Waals surface area contributed by atoms with Crippen LogP contribution in [0.5, 0.6) is 0 Å². The number of fused-ring (bicyclic) bond motifs is 29. The van der Waals surface area contributed by atoms with Crippen molar-refractivity contribution in [2.75, 3.05) is 0 Å². The summed E-state index contributed by atoms with van der Waals surface area (Å²) in [6.07, 6.45) is 13.4. The molecule has 2 saturated carbocycles. The van der Waals surface area contributed by atoms with Crippen molar-refractivity contribution in [3.05, 3.63) is 386 Å². The Morgan fingerprint density at radius 3 is 1.23 bits per heavy atom. The molecule has 6 aromatic heterocycles. The van der Waals surface area contributed by atoms with Gasteiger partial charge in [-0.15, -0.1) is 0 Å². The first kappa shape index (κ1) is 77.6. The lowest BCUT2D eigenvalue weighted by Gasteiger charge is -2.22. The van der Waals surface area contributed by atoms with Gasteiger partial charge in [0.05, 0.1) is 5.52 Å². The smallest absolute Gasteiger partial charge is 0.143 e. The minimum absolute atomic E-state index is 0.645. The largest absolute Gasteiger partial charge is 0.455 e. The molecule has 612 valence electrons. The van der Waals surface area contributed by atoms with Crippen LogP contribution in [0.3, 0.4) is 0 Å². The summed E-state index contributed by atoms with van der Waals surface area (Å²) in [7, 11) is 6.43. The molecule has 6 heteroatoms. The summed E-state index contributed by atoms with van der Waals surface area (Å²) in [5, 5.41) is 31.3. The molecule has 0 spiro atoms. The van der Waals surface area contributed by atoms with Crippen molar-refractivity contribution in [1.82, 2.24) is 13.7 Å². The fourth-order valence-corrected chi connectivity index (χ4v) is 21.5. The summed E-state index contributed by atoms with van der Waals surface area (Å²) >= 11 is 0. The van der Waals surface area contributed by atoms with Gasteiger partial charge in [0.1, 0.15) is 33.5 Å². The number of para-hydroxylation sites is 6. The maximum Gasteiger partial charge on any atom is 0.143 e. The number of nitrogens with zero attached hydrogens (tertiary/aromatic N) is 3. The molecule has 0 unspecified atom stereocenters. The maximum atomic E-state index is 6.48. The molecule has 0 saturated heterocycles. The van der Waals surface area contributed by atoms with Crippen LogP contribution in [0.1, 0.15) is 104 Å². The predicted molar refractivity (Wildman–Crippen MR) is 539 cm³/mol. The van der Waals surface area contributed by atoms with Gasteiger partial charge in [0.2, 0.25) is 0 Å². The van der Waals surface area contributed by atoms with Crippen molar-refractivity contribution in [3.8, 4) is 11.1 Å². The topological polar surface area (TPSA) is 54.2 Å². The van der Waals surface area contributed by atoms with Gasteiger partial charge in [-0.2, -0.15) is 0 Å². The molecule has 2 aliphatic rings. The van der Waals surface area contributed by atoms with E-state index < -0.39 is 0 Å². The van der Waals surface area contributed by atoms with Crippen molar-refractivity contribution in [1.29, 1.82) is 0 Å². The van der Waals surface area contributed by atoms with Crippen LogP contribution in [0.15, 0.2) is 371 Å². The van der Waals surface area contributed by atoms with Gasteiger partial charge in [0.15, 0.2) is 0 Å². The summed E-state index contributed by atoms with van der Waals surface area (Å²) in [5.74, 6) is 1.31. The average Bonchev–Trinajstić information content (AvgIpc) is 1.63. The normalized spacial score (nSPS) is 13.4. The molecule has 0 radical (unpaired) electrons. The van der Waals surface area contributed by atoms with Crippen molar-refractivity contribution >= 4 is 196 Å². The third kappa shape index (κ3) is 13.6. The molecule has 0 aliphatic heterocycles. The molecule has 25 aromatic rings. The van der Waals surface area contributed by atoms with Gasteiger partial charge in [-0.25, -0.2) is 0 Å². The van der Waals surface area contributed by atoms with Crippen LogP contribution in [0.4, 0.5) is 0 Å². The first-order valence-corrected chi connectivity index (χ1v) is 45.2. The fraction of sp³-hybridized carbons (Fsp3) is 0.150. The van der Waals surface area contributed by atoms with E-state index >= 15 is 0 Å². The number of benzene rings is 19. The fourth-order valence-electron chi connectivity index (χ4n) is 21.5. The van der Waals surface area contributed by atoms with Crippen LogP contribution in [-0.4, -0.2) is 13.7 Å². The van der Waals surface area contributed by atoms with Crippen molar-refractivity contribution in [2.24, 2.45) is 21.1 Å². The zero-order valence-corrected chi connectivity index (χ0v) is 72.4. The van der Waals surface area contributed by atoms with E-state index in [-0.39, 0.29) is 0 Å². The van der Waals surface area contributed by atoms with E-state index in [0.717, 1.165) is 39.1 Å². The molecule has 0 amide bonds. The van der Waals surface area contributed by atoms with Crippen molar-refractivity contribution < 1.29 is 13.3 Å². The highest BCUT2D eigenvalue weighted by atomic mass is 16.3. The van der Waals surface area contributed by atoms with E-state index in [9.17, 15) is 0 Å². The highest BCUT2D eigenvalue weighted by molar-refractivity contribution is 6.25. The van der Waals surface area contributed by atoms with Gasteiger partial charge in [0.25, 0.3) is 0 Å². The SMILES string of the molecule is Cc1cc2ccccc2c2c1oc1c(-c3ccccc3)cccc12.Cc1cc2ccccc2c2c1oc1c(C3CCCCC3)cccc12.Cc1cccc2c1oc1c(C3CCCCC3)cc3ccccc3c12.Cn1c2ccccc2c2c3ccccc3ccc21.Cn1c2ccccc2c2cc3ccccc3cc21.Cn1c2ccccc2c2ccc3ccccc3c21. The standard InChI is InChI=1S/2C23H22O.C23H16O.3C17H13N/c1-15-8-7-13-19-21-18-12-6-5-11-17(18)14-20(23(21)24-22(15)19)16-9-3-2-4-10-16;2*1-15-14-17-10-5-6-11-18(17)21-20-13-7-12-19(23(20)24-22(15)21)16-8-3-2-4-9-16;1-18-16-9-5-4-8-14(16)15-10-12-6-2-3-7-13(12)11-17(15)18;1-18-16-9-5-4-8-14(16)15-11-10-12-6-2-3-7-13(12)17(15)18;1-18-15-9-5-4-8-14(15)17-13-7-3-2-6-12(13)10-11-16(17)18/h5-8,11-14,16H,2-4,9-10H2,1H3;5-7,10-14,16H,2-4,8-9H2,1H3;2-14H,1H3;3*2-11H,1H3. The minimum Gasteiger partial charge on any atom is -0.455 e. The third-order valence-corrected chi connectivity index (χ3v) is 27.6. The van der Waals surface area contributed by atoms with Gasteiger partial charge in [-0.1, -0.05) is 342 Å². The Bertz CT molecular complexity index is 8490. The zero-order valence-electron chi connectivity index (χ0n) is 72.4. The van der Waals surface area contributed by atoms with Gasteiger partial charge >= 0.3 is 0 Å². The maximum absolute atomic E-state index is 6.48. The second-order valence-corrected chi connectivity index (χ2v) is 35.1. The lowest BCUT2D eigenvalue weighted by molar-refractivity contribution is 0.442. The van der Waals surface area contributed by atoms with Gasteiger partial charge < -0.3 is 27.0 Å². The predicted octanol–water partition coefficient (Wildman–Crippen LogP) is 34.4. The lowest BCUT2D eigenvalue weighted by atomic mass is 9.82. The second-order valence-electron chi connectivity index (χ2n) is 35.1. The van der Waals surface area contributed by atoms with Crippen LogP contribution >= 0.6 is 0 Å². The van der Waals surface area contributed by atoms with E-state index in [1.54, 1.807) is 0 Å². The van der Waals surface area contributed by atoms with E-state index in [0.29, 0.717) is 11.8 Å². The molecule has 6 nitrogen and oxygen atoms in total. The second kappa shape index (κ2) is 32.7. The molecule has 6 heterocycles. The van der Waals surface area contributed by atoms with Gasteiger partial charge in [0, 0.05) is 124 Å². The molecule has 2 fully saturated rings. The summed E-state index contributed by atoms with van der Waals surface area (Å²) in [6.45, 7) is 6.43. The first-order chi connectivity index (χ1) is 62.0. The Morgan fingerprint density at radius 2 is 0.619 bits per heavy atom. The Kier molecular flexibility index (Phi) is 20.1. The molecule has 0 atom stereocenters. The zero-order chi connectivity index (χ0) is 84.6. The highest BCUT2D eigenvalue weighted by Crippen LogP contribution is 2.48. The Hall–Kier alpha value is -14.5. The molecule has 0 bridgehead atoms. The molecule has 126 heavy (non-hydrogen) atoms. The number of aryl methyl sites for hydroxylation is 6. The molecule has 2 aliphatic carbocycles. The third-order valence-electron chi connectivity index (χ3n) is 27.6. The van der Waals surface area contributed by atoms with Crippen LogP contribution in [0.2, 0.25) is 0 Å². The van der Waals surface area contributed by atoms with E-state index in [1.165, 1.54) is 260 Å². The first-order valence-electron chi connectivity index (χ1n) is 45.2. The summed E-state index contributed by atoms with van der Waals surface area (Å²) < 4.78 is 26.2. The monoisotopic (exact) mass is 1630 g/mol. The molecule has 19 aromatic carbocycles. The number of aromatic nitrogens is 3. The number of hydrogen-bond donors (Lipinski definition) is 0. The molecular weight excluding hydrogens is 1530 g/mol. The summed E-state index contributed by atoms with van der Waals surface area (Å²) in [5.41, 5.74) is 23.0. The van der Waals surface area contributed by atoms with E-state index in [4.69, 9.17) is 13.3 Å². The quantitative estimate of drug-likeness (QED) is 0.177. The van der Waals surface area contributed by atoms with E-state index in [2.05, 4.69) is 407 Å². The lowest BCUT2D eigenvalue weighted by Crippen LogP contribution is -2.04. The number of rotatable bonds is 3. The molecular formula is C120H99N3O3. The van der Waals surface area contributed by atoms with Crippen molar-refractivity contribution in [3.63, 3.8) is 0 Å². The number of hydrogen-bond acceptors (Lipinski definition) is 3. The van der Waals surface area contributed by atoms with Gasteiger partial charge in [-0.3, -0.25) is 0 Å². The van der Waals surface area contributed by atoms with Crippen molar-refractivity contribution in [2.45, 2.75) is 96.8 Å². The van der Waals surface area contributed by atoms with Crippen LogP contribution in [-0.2, 0) is 21.1 Å². The van der Waals surface area contributed by atoms with E-state index in [1.807, 2.05) is 6.07 Å². The molecule has 27 rings (SSSR count). The summed E-state index contributed by atoms with van der Waals surface area (Å²) in [4.78, 5) is 0. The Labute approximate surface area is 732 Å². The van der Waals surface area contributed by atoms with Crippen LogP contribution in [0.25, 0.3) is 207 Å². The highest BCUT2D eigenvalue weighted by Gasteiger charge is 2.26. The Morgan fingerprint density at radius 1 is 0.214 bits per heavy atom. The minimum atomic E-state index is 0.645. The van der Waals surface area contributed by atoms with Crippen LogP contribution < -0.4 is 0 Å². The average molecular weight is 1630 g/mol. The summed E-state index contributed by atoms with van der Waals surface area (Å²) in [6, 6.07) is 128. The number of furan rings is 3. The molecule has 0 N–H and O–H groups in total. The van der Waals surface area contributed by atoms with Gasteiger partial charge in [-0.05, 0) is 206 Å².